The molecular formula is C19H16BrNO4. The van der Waals surface area contributed by atoms with E-state index in [4.69, 9.17) is 9.15 Å². The third kappa shape index (κ3) is 4.09. The zero-order valence-electron chi connectivity index (χ0n) is 13.7. The number of carbonyl (C=O) groups excluding carboxylic acids is 1. The van der Waals surface area contributed by atoms with Crippen molar-refractivity contribution in [3.63, 3.8) is 0 Å². The second-order valence-electron chi connectivity index (χ2n) is 5.77. The van der Waals surface area contributed by atoms with Crippen LogP contribution >= 0.6 is 15.9 Å². The second-order valence-corrected chi connectivity index (χ2v) is 6.69. The van der Waals surface area contributed by atoms with E-state index in [9.17, 15) is 9.59 Å². The Morgan fingerprint density at radius 2 is 1.84 bits per heavy atom. The first-order valence-corrected chi connectivity index (χ1v) is 8.53. The number of fused-ring (bicyclic) bond motifs is 1. The Morgan fingerprint density at radius 3 is 2.52 bits per heavy atom. The molecule has 5 nitrogen and oxygen atoms in total. The zero-order valence-corrected chi connectivity index (χ0v) is 15.3. The molecule has 3 aromatic rings. The van der Waals surface area contributed by atoms with Gasteiger partial charge in [0.2, 0.25) is 0 Å². The summed E-state index contributed by atoms with van der Waals surface area (Å²) in [7, 11) is 0. The number of anilines is 1. The lowest BCUT2D eigenvalue weighted by Gasteiger charge is -2.10. The van der Waals surface area contributed by atoms with E-state index in [1.807, 2.05) is 13.8 Å². The smallest absolute Gasteiger partial charge is 0.349 e. The summed E-state index contributed by atoms with van der Waals surface area (Å²) in [5.74, 6) is 0.191. The Hall–Kier alpha value is -2.60. The average molecular weight is 402 g/mol. The van der Waals surface area contributed by atoms with Crippen molar-refractivity contribution in [2.24, 2.45) is 0 Å². The summed E-state index contributed by atoms with van der Waals surface area (Å²) in [6.07, 6.45) is 0.0713. The first-order valence-electron chi connectivity index (χ1n) is 7.74. The molecule has 0 unspecified atom stereocenters. The minimum Gasteiger partial charge on any atom is -0.491 e. The van der Waals surface area contributed by atoms with Crippen molar-refractivity contribution in [1.29, 1.82) is 0 Å². The van der Waals surface area contributed by atoms with E-state index < -0.39 is 11.5 Å². The van der Waals surface area contributed by atoms with E-state index in [2.05, 4.69) is 21.2 Å². The molecule has 0 fully saturated rings. The molecule has 0 atom stereocenters. The Labute approximate surface area is 152 Å². The van der Waals surface area contributed by atoms with Crippen LogP contribution in [0.4, 0.5) is 5.69 Å². The molecule has 2 aromatic carbocycles. The third-order valence-electron chi connectivity index (χ3n) is 3.42. The molecule has 3 rings (SSSR count). The molecule has 6 heteroatoms. The molecule has 1 amide bonds. The van der Waals surface area contributed by atoms with Crippen molar-refractivity contribution >= 4 is 38.5 Å². The first kappa shape index (κ1) is 17.2. The van der Waals surface area contributed by atoms with Crippen molar-refractivity contribution in [2.75, 3.05) is 5.32 Å². The molecule has 0 spiro atoms. The standard InChI is InChI=1S/C19H16BrNO4/c1-11(2)24-15-6-4-14(5-7-15)21-18(22)16-10-12-9-13(20)3-8-17(12)25-19(16)23/h3-11H,1-2H3,(H,21,22). The molecule has 0 aliphatic carbocycles. The molecule has 1 heterocycles. The number of carbonyl (C=O) groups is 1. The van der Waals surface area contributed by atoms with Crippen molar-refractivity contribution in [1.82, 2.24) is 0 Å². The van der Waals surface area contributed by atoms with Gasteiger partial charge in [-0.05, 0) is 62.4 Å². The summed E-state index contributed by atoms with van der Waals surface area (Å²) in [5, 5.41) is 3.36. The van der Waals surface area contributed by atoms with E-state index >= 15 is 0 Å². The monoisotopic (exact) mass is 401 g/mol. The topological polar surface area (TPSA) is 68.5 Å². The van der Waals surface area contributed by atoms with E-state index in [0.29, 0.717) is 22.4 Å². The quantitative estimate of drug-likeness (QED) is 0.648. The largest absolute Gasteiger partial charge is 0.491 e. The Kier molecular flexibility index (Phi) is 4.90. The van der Waals surface area contributed by atoms with Gasteiger partial charge in [-0.25, -0.2) is 4.79 Å². The summed E-state index contributed by atoms with van der Waals surface area (Å²) in [5.41, 5.74) is 0.273. The van der Waals surface area contributed by atoms with Gasteiger partial charge in [0.1, 0.15) is 16.9 Å². The van der Waals surface area contributed by atoms with Crippen LogP contribution in [0.2, 0.25) is 0 Å². The van der Waals surface area contributed by atoms with Crippen LogP contribution in [-0.4, -0.2) is 12.0 Å². The van der Waals surface area contributed by atoms with Crippen molar-refractivity contribution in [3.8, 4) is 5.75 Å². The number of nitrogens with one attached hydrogen (secondary N) is 1. The predicted octanol–water partition coefficient (Wildman–Crippen LogP) is 4.60. The van der Waals surface area contributed by atoms with E-state index in [1.54, 1.807) is 42.5 Å². The van der Waals surface area contributed by atoms with Gasteiger partial charge >= 0.3 is 5.63 Å². The maximum Gasteiger partial charge on any atom is 0.349 e. The molecule has 0 radical (unpaired) electrons. The van der Waals surface area contributed by atoms with Crippen LogP contribution in [0.1, 0.15) is 24.2 Å². The molecule has 25 heavy (non-hydrogen) atoms. The van der Waals surface area contributed by atoms with Gasteiger partial charge in [-0.3, -0.25) is 4.79 Å². The number of hydrogen-bond donors (Lipinski definition) is 1. The molecular weight excluding hydrogens is 386 g/mol. The highest BCUT2D eigenvalue weighted by molar-refractivity contribution is 9.10. The SMILES string of the molecule is CC(C)Oc1ccc(NC(=O)c2cc3cc(Br)ccc3oc2=O)cc1. The fourth-order valence-corrected chi connectivity index (χ4v) is 2.72. The molecule has 0 aliphatic heterocycles. The summed E-state index contributed by atoms with van der Waals surface area (Å²) in [4.78, 5) is 24.5. The highest BCUT2D eigenvalue weighted by atomic mass is 79.9. The minimum atomic E-state index is -0.674. The molecule has 0 saturated heterocycles. The first-order chi connectivity index (χ1) is 11.9. The summed E-state index contributed by atoms with van der Waals surface area (Å²) in [6, 6.07) is 13.7. The van der Waals surface area contributed by atoms with E-state index in [0.717, 1.165) is 4.47 Å². The van der Waals surface area contributed by atoms with Crippen LogP contribution in [-0.2, 0) is 0 Å². The highest BCUT2D eigenvalue weighted by Crippen LogP contribution is 2.20. The third-order valence-corrected chi connectivity index (χ3v) is 3.92. The maximum absolute atomic E-state index is 12.4. The van der Waals surface area contributed by atoms with Crippen molar-refractivity contribution in [3.05, 3.63) is 69.0 Å². The number of ether oxygens (including phenoxy) is 1. The number of hydrogen-bond acceptors (Lipinski definition) is 4. The lowest BCUT2D eigenvalue weighted by molar-refractivity contribution is 0.102. The van der Waals surface area contributed by atoms with E-state index in [-0.39, 0.29) is 11.7 Å². The maximum atomic E-state index is 12.4. The van der Waals surface area contributed by atoms with Gasteiger partial charge in [-0.2, -0.15) is 0 Å². The fourth-order valence-electron chi connectivity index (χ4n) is 2.34. The van der Waals surface area contributed by atoms with Crippen LogP contribution in [0.5, 0.6) is 5.75 Å². The number of halogens is 1. The Balaban J connectivity index is 1.84. The molecule has 1 aromatic heterocycles. The molecule has 0 aliphatic rings. The van der Waals surface area contributed by atoms with Gasteiger partial charge in [-0.15, -0.1) is 0 Å². The van der Waals surface area contributed by atoms with Crippen LogP contribution in [0.25, 0.3) is 11.0 Å². The van der Waals surface area contributed by atoms with E-state index in [1.165, 1.54) is 6.07 Å². The van der Waals surface area contributed by atoms with Crippen molar-refractivity contribution in [2.45, 2.75) is 20.0 Å². The minimum absolute atomic E-state index is 0.0480. The van der Waals surface area contributed by atoms with Crippen LogP contribution in [0, 0.1) is 0 Å². The number of amides is 1. The van der Waals surface area contributed by atoms with Gasteiger partial charge in [0.05, 0.1) is 6.10 Å². The molecule has 128 valence electrons. The normalized spacial score (nSPS) is 10.9. The van der Waals surface area contributed by atoms with Gasteiger partial charge in [0.15, 0.2) is 0 Å². The fraction of sp³-hybridized carbons (Fsp3) is 0.158. The summed E-state index contributed by atoms with van der Waals surface area (Å²) in [6.45, 7) is 3.88. The summed E-state index contributed by atoms with van der Waals surface area (Å²) < 4.78 is 11.6. The Morgan fingerprint density at radius 1 is 1.12 bits per heavy atom. The van der Waals surface area contributed by atoms with Crippen LogP contribution in [0.3, 0.4) is 0 Å². The second kappa shape index (κ2) is 7.11. The van der Waals surface area contributed by atoms with Gasteiger partial charge in [-0.1, -0.05) is 15.9 Å². The lowest BCUT2D eigenvalue weighted by atomic mass is 10.1. The zero-order chi connectivity index (χ0) is 18.0. The molecule has 0 bridgehead atoms. The Bertz CT molecular complexity index is 977. The lowest BCUT2D eigenvalue weighted by Crippen LogP contribution is -2.20. The average Bonchev–Trinajstić information content (AvgIpc) is 2.56. The van der Waals surface area contributed by atoms with Crippen LogP contribution < -0.4 is 15.7 Å². The van der Waals surface area contributed by atoms with Gasteiger partial charge < -0.3 is 14.5 Å². The van der Waals surface area contributed by atoms with Gasteiger partial charge in [0, 0.05) is 15.5 Å². The van der Waals surface area contributed by atoms with Crippen molar-refractivity contribution < 1.29 is 13.9 Å². The number of benzene rings is 2. The molecule has 1 N–H and O–H groups in total. The van der Waals surface area contributed by atoms with Gasteiger partial charge in [0.25, 0.3) is 5.91 Å². The summed E-state index contributed by atoms with van der Waals surface area (Å²) >= 11 is 3.36. The molecule has 0 saturated carbocycles. The highest BCUT2D eigenvalue weighted by Gasteiger charge is 2.14. The van der Waals surface area contributed by atoms with Crippen LogP contribution in [0.15, 0.2) is 62.2 Å². The number of rotatable bonds is 4. The predicted molar refractivity (Wildman–Crippen MR) is 100 cm³/mol.